The van der Waals surface area contributed by atoms with Gasteiger partial charge in [-0.3, -0.25) is 0 Å². The molecule has 0 unspecified atom stereocenters. The molecule has 0 fully saturated rings. The number of urea groups is 1. The summed E-state index contributed by atoms with van der Waals surface area (Å²) in [6.45, 7) is 2.21. The van der Waals surface area contributed by atoms with Crippen LogP contribution in [-0.4, -0.2) is 32.4 Å². The Hall–Kier alpha value is -4.92. The van der Waals surface area contributed by atoms with Crippen molar-refractivity contribution in [3.05, 3.63) is 125 Å². The van der Waals surface area contributed by atoms with Gasteiger partial charge in [0.25, 0.3) is 0 Å². The first kappa shape index (κ1) is 25.4. The van der Waals surface area contributed by atoms with Gasteiger partial charge in [-0.25, -0.2) is 18.3 Å². The highest BCUT2D eigenvalue weighted by Crippen LogP contribution is 2.39. The van der Waals surface area contributed by atoms with Gasteiger partial charge >= 0.3 is 6.03 Å². The zero-order valence-electron chi connectivity index (χ0n) is 22.0. The molecule has 3 heterocycles. The summed E-state index contributed by atoms with van der Waals surface area (Å²) in [5.41, 5.74) is 4.02. The molecule has 0 spiro atoms. The number of carbonyl (C=O) groups excluding carboxylic acids is 1. The number of aryl methyl sites for hydroxylation is 1. The third-order valence-corrected chi connectivity index (χ3v) is 7.17. The van der Waals surface area contributed by atoms with E-state index in [9.17, 15) is 13.6 Å². The average molecular weight is 540 g/mol. The molecule has 0 bridgehead atoms. The Morgan fingerprint density at radius 1 is 1.02 bits per heavy atom. The first-order chi connectivity index (χ1) is 19.5. The molecule has 9 heteroatoms. The van der Waals surface area contributed by atoms with Crippen LogP contribution in [0.25, 0.3) is 11.5 Å². The second kappa shape index (κ2) is 10.3. The lowest BCUT2D eigenvalue weighted by Gasteiger charge is -2.31. The third kappa shape index (κ3) is 4.39. The van der Waals surface area contributed by atoms with E-state index in [0.717, 1.165) is 52.2 Å². The molecular formula is C31H27F2N5O2. The fourth-order valence-corrected chi connectivity index (χ4v) is 5.27. The van der Waals surface area contributed by atoms with Gasteiger partial charge < -0.3 is 19.5 Å². The predicted octanol–water partition coefficient (Wildman–Crippen LogP) is 6.65. The summed E-state index contributed by atoms with van der Waals surface area (Å²) < 4.78 is 37.9. The lowest BCUT2D eigenvalue weighted by Crippen LogP contribution is -2.38. The number of carbonyl (C=O) groups is 1. The molecule has 0 saturated heterocycles. The van der Waals surface area contributed by atoms with Crippen LogP contribution in [0.2, 0.25) is 0 Å². The first-order valence-electron chi connectivity index (χ1n) is 13.0. The second-order valence-electron chi connectivity index (χ2n) is 9.51. The Morgan fingerprint density at radius 2 is 1.80 bits per heavy atom. The van der Waals surface area contributed by atoms with E-state index in [0.29, 0.717) is 12.2 Å². The van der Waals surface area contributed by atoms with Crippen LogP contribution in [0, 0.1) is 11.6 Å². The van der Waals surface area contributed by atoms with Gasteiger partial charge in [0, 0.05) is 17.8 Å². The minimum absolute atomic E-state index is 0.187. The van der Waals surface area contributed by atoms with E-state index in [4.69, 9.17) is 9.84 Å². The zero-order chi connectivity index (χ0) is 27.8. The van der Waals surface area contributed by atoms with Gasteiger partial charge in [-0.1, -0.05) is 37.3 Å². The van der Waals surface area contributed by atoms with E-state index in [1.54, 1.807) is 12.0 Å². The summed E-state index contributed by atoms with van der Waals surface area (Å²) in [6, 6.07) is 23.1. The van der Waals surface area contributed by atoms with Crippen LogP contribution >= 0.6 is 0 Å². The summed E-state index contributed by atoms with van der Waals surface area (Å²) in [7, 11) is 1.59. The Balaban J connectivity index is 1.55. The lowest BCUT2D eigenvalue weighted by atomic mass is 10.0. The molecule has 2 amide bonds. The van der Waals surface area contributed by atoms with Crippen molar-refractivity contribution in [2.45, 2.75) is 25.9 Å². The summed E-state index contributed by atoms with van der Waals surface area (Å²) in [5, 5.41) is 7.55. The third-order valence-electron chi connectivity index (χ3n) is 7.17. The number of benzene rings is 3. The molecule has 1 aliphatic rings. The Labute approximate surface area is 230 Å². The van der Waals surface area contributed by atoms with Crippen LogP contribution in [0.15, 0.2) is 91.1 Å². The summed E-state index contributed by atoms with van der Waals surface area (Å²) in [5.74, 6) is 0.143. The van der Waals surface area contributed by atoms with E-state index in [2.05, 4.69) is 9.88 Å². The first-order valence-corrected chi connectivity index (χ1v) is 13.0. The lowest BCUT2D eigenvalue weighted by molar-refractivity contribution is 0.194. The number of para-hydroxylation sites is 1. The molecule has 1 N–H and O–H groups in total. The van der Waals surface area contributed by atoms with Crippen molar-refractivity contribution in [1.82, 2.24) is 19.2 Å². The van der Waals surface area contributed by atoms with Crippen molar-refractivity contribution in [3.63, 3.8) is 0 Å². The van der Waals surface area contributed by atoms with Gasteiger partial charge in [-0.15, -0.1) is 0 Å². The van der Waals surface area contributed by atoms with E-state index < -0.39 is 23.7 Å². The Morgan fingerprint density at radius 3 is 2.52 bits per heavy atom. The Bertz CT molecular complexity index is 1680. The Kier molecular flexibility index (Phi) is 6.55. The van der Waals surface area contributed by atoms with E-state index in [1.807, 2.05) is 84.5 Å². The molecule has 5 aromatic rings. The SMILES string of the molecule is CCc1nn(-c2ccccc2)c2c1CN(C(=O)Nc1cc(F)ccc1F)[C@H](c1ccc(OC)cc1)c1cccn1-2. The molecular weight excluding hydrogens is 512 g/mol. The molecule has 3 aromatic carbocycles. The number of hydrogen-bond donors (Lipinski definition) is 1. The van der Waals surface area contributed by atoms with Crippen molar-refractivity contribution in [1.29, 1.82) is 0 Å². The van der Waals surface area contributed by atoms with Crippen molar-refractivity contribution in [2.75, 3.05) is 12.4 Å². The number of halogens is 2. The van der Waals surface area contributed by atoms with Crippen molar-refractivity contribution >= 4 is 11.7 Å². The van der Waals surface area contributed by atoms with E-state index >= 15 is 0 Å². The van der Waals surface area contributed by atoms with Crippen LogP contribution in [0.3, 0.4) is 0 Å². The largest absolute Gasteiger partial charge is 0.497 e. The maximum Gasteiger partial charge on any atom is 0.323 e. The van der Waals surface area contributed by atoms with Crippen LogP contribution in [0.4, 0.5) is 19.3 Å². The molecule has 0 radical (unpaired) electrons. The van der Waals surface area contributed by atoms with Crippen LogP contribution in [-0.2, 0) is 13.0 Å². The fourth-order valence-electron chi connectivity index (χ4n) is 5.27. The molecule has 202 valence electrons. The van der Waals surface area contributed by atoms with E-state index in [-0.39, 0.29) is 12.2 Å². The van der Waals surface area contributed by atoms with Gasteiger partial charge in [0.15, 0.2) is 0 Å². The monoisotopic (exact) mass is 539 g/mol. The molecule has 6 rings (SSSR count). The average Bonchev–Trinajstić information content (AvgIpc) is 3.56. The van der Waals surface area contributed by atoms with Crippen LogP contribution < -0.4 is 10.1 Å². The summed E-state index contributed by atoms with van der Waals surface area (Å²) >= 11 is 0. The number of methoxy groups -OCH3 is 1. The number of fused-ring (bicyclic) bond motifs is 3. The minimum Gasteiger partial charge on any atom is -0.497 e. The topological polar surface area (TPSA) is 64.3 Å². The molecule has 0 saturated carbocycles. The van der Waals surface area contributed by atoms with Crippen LogP contribution in [0.1, 0.15) is 35.5 Å². The highest BCUT2D eigenvalue weighted by Gasteiger charge is 2.36. The van der Waals surface area contributed by atoms with Gasteiger partial charge in [-0.2, -0.15) is 5.10 Å². The number of anilines is 1. The number of ether oxygens (including phenoxy) is 1. The minimum atomic E-state index is -0.722. The highest BCUT2D eigenvalue weighted by atomic mass is 19.1. The molecule has 1 atom stereocenters. The number of nitrogens with zero attached hydrogens (tertiary/aromatic N) is 4. The summed E-state index contributed by atoms with van der Waals surface area (Å²) in [4.78, 5) is 15.6. The second-order valence-corrected chi connectivity index (χ2v) is 9.51. The van der Waals surface area contributed by atoms with Crippen molar-refractivity contribution in [2.24, 2.45) is 0 Å². The number of hydrogen-bond acceptors (Lipinski definition) is 3. The standard InChI is InChI=1S/C31H27F2N5O2/c1-3-26-24-19-37(31(39)34-27-18-21(32)13-16-25(27)33)29(20-11-14-23(40-2)15-12-20)28-10-7-17-36(28)30(24)38(35-26)22-8-5-4-6-9-22/h4-18,29H,3,19H2,1-2H3,(H,34,39)/t29-/m1/s1. The van der Waals surface area contributed by atoms with E-state index in [1.165, 1.54) is 0 Å². The van der Waals surface area contributed by atoms with Gasteiger partial charge in [0.1, 0.15) is 23.2 Å². The normalized spacial score (nSPS) is 14.3. The maximum atomic E-state index is 14.6. The predicted molar refractivity (Wildman–Crippen MR) is 148 cm³/mol. The number of aromatic nitrogens is 3. The van der Waals surface area contributed by atoms with Gasteiger partial charge in [-0.05, 0) is 60.5 Å². The molecule has 7 nitrogen and oxygen atoms in total. The van der Waals surface area contributed by atoms with Gasteiger partial charge in [0.2, 0.25) is 0 Å². The van der Waals surface area contributed by atoms with Crippen LogP contribution in [0.5, 0.6) is 5.75 Å². The van der Waals surface area contributed by atoms with Crippen molar-refractivity contribution < 1.29 is 18.3 Å². The number of rotatable bonds is 5. The van der Waals surface area contributed by atoms with Crippen molar-refractivity contribution in [3.8, 4) is 17.3 Å². The molecule has 1 aliphatic heterocycles. The summed E-state index contributed by atoms with van der Waals surface area (Å²) in [6.07, 6.45) is 2.60. The molecule has 40 heavy (non-hydrogen) atoms. The fraction of sp³-hybridized carbons (Fsp3) is 0.161. The zero-order valence-corrected chi connectivity index (χ0v) is 22.0. The molecule has 2 aromatic heterocycles. The highest BCUT2D eigenvalue weighted by molar-refractivity contribution is 5.90. The van der Waals surface area contributed by atoms with Gasteiger partial charge in [0.05, 0.1) is 42.5 Å². The maximum absolute atomic E-state index is 14.6. The molecule has 0 aliphatic carbocycles. The number of amides is 2. The smallest absolute Gasteiger partial charge is 0.323 e. The number of nitrogens with one attached hydrogen (secondary N) is 1. The quantitative estimate of drug-likeness (QED) is 0.272.